The van der Waals surface area contributed by atoms with Gasteiger partial charge in [0, 0.05) is 11.6 Å². The third kappa shape index (κ3) is 6.90. The molecule has 1 aromatic carbocycles. The van der Waals surface area contributed by atoms with Crippen molar-refractivity contribution in [1.82, 2.24) is 0 Å². The number of hydrogen-bond donors (Lipinski definition) is 0. The fourth-order valence-corrected chi connectivity index (χ4v) is 3.11. The maximum absolute atomic E-state index is 13.0. The quantitative estimate of drug-likeness (QED) is 0.183. The summed E-state index contributed by atoms with van der Waals surface area (Å²) >= 11 is 0. The summed E-state index contributed by atoms with van der Waals surface area (Å²) in [7, 11) is 0. The lowest BCUT2D eigenvalue weighted by Crippen LogP contribution is -2.44. The zero-order valence-electron chi connectivity index (χ0n) is 15.7. The van der Waals surface area contributed by atoms with Crippen LogP contribution in [0.15, 0.2) is 43.0 Å². The van der Waals surface area contributed by atoms with Crippen molar-refractivity contribution < 1.29 is 28.5 Å². The van der Waals surface area contributed by atoms with Gasteiger partial charge in [-0.25, -0.2) is 4.79 Å². The zero-order valence-corrected chi connectivity index (χ0v) is 15.7. The van der Waals surface area contributed by atoms with Gasteiger partial charge in [-0.2, -0.15) is 0 Å². The Hall–Kier alpha value is -2.02. The lowest BCUT2D eigenvalue weighted by atomic mass is 9.79. The van der Waals surface area contributed by atoms with Gasteiger partial charge in [0.05, 0.1) is 19.8 Å². The van der Waals surface area contributed by atoms with E-state index in [2.05, 4.69) is 6.58 Å². The molecule has 1 aliphatic carbocycles. The van der Waals surface area contributed by atoms with Crippen LogP contribution in [0.5, 0.6) is 0 Å². The van der Waals surface area contributed by atoms with Crippen LogP contribution in [0, 0.1) is 0 Å². The Bertz CT molecular complexity index is 592. The Kier molecular flexibility index (Phi) is 9.18. The summed E-state index contributed by atoms with van der Waals surface area (Å²) in [6.07, 6.45) is 5.62. The molecule has 0 heterocycles. The molecule has 0 saturated heterocycles. The van der Waals surface area contributed by atoms with E-state index in [0.29, 0.717) is 25.4 Å². The van der Waals surface area contributed by atoms with Crippen molar-refractivity contribution >= 4 is 11.8 Å². The van der Waals surface area contributed by atoms with Crippen LogP contribution >= 0.6 is 0 Å². The molecular weight excluding hydrogens is 348 g/mol. The number of benzene rings is 1. The molecule has 0 aliphatic heterocycles. The number of esters is 1. The molecule has 0 radical (unpaired) electrons. The molecule has 1 fully saturated rings. The summed E-state index contributed by atoms with van der Waals surface area (Å²) in [4.78, 5) is 23.8. The van der Waals surface area contributed by atoms with Gasteiger partial charge in [0.15, 0.2) is 5.78 Å². The number of carbonyl (C=O) groups is 2. The molecule has 0 aromatic heterocycles. The third-order valence-corrected chi connectivity index (χ3v) is 4.54. The highest BCUT2D eigenvalue weighted by Gasteiger charge is 2.41. The minimum atomic E-state index is -0.792. The first-order valence-electron chi connectivity index (χ1n) is 9.36. The Morgan fingerprint density at radius 2 is 1.63 bits per heavy atom. The molecule has 6 heteroatoms. The SMILES string of the molecule is C=CC(=O)OCCOCCOCOC1(C(=O)c2ccccc2)CCCCC1. The number of ether oxygens (including phenoxy) is 4. The molecule has 0 bridgehead atoms. The zero-order chi connectivity index (χ0) is 19.4. The van der Waals surface area contributed by atoms with Crippen LogP contribution in [0.25, 0.3) is 0 Å². The Morgan fingerprint density at radius 1 is 0.963 bits per heavy atom. The second-order valence-corrected chi connectivity index (χ2v) is 6.40. The van der Waals surface area contributed by atoms with Crippen LogP contribution in [0.3, 0.4) is 0 Å². The summed E-state index contributed by atoms with van der Waals surface area (Å²) < 4.78 is 21.5. The standard InChI is InChI=1S/C21H28O6/c1-2-19(22)26-16-15-24-13-14-25-17-27-21(11-7-4-8-12-21)20(23)18-9-5-3-6-10-18/h2-3,5-6,9-10H,1,4,7-8,11-17H2. The van der Waals surface area contributed by atoms with Crippen molar-refractivity contribution in [2.45, 2.75) is 37.7 Å². The van der Waals surface area contributed by atoms with E-state index in [1.54, 1.807) is 0 Å². The number of ketones is 1. The molecule has 1 aliphatic rings. The van der Waals surface area contributed by atoms with Gasteiger partial charge in [0.1, 0.15) is 19.0 Å². The summed E-state index contributed by atoms with van der Waals surface area (Å²) in [5, 5.41) is 0. The van der Waals surface area contributed by atoms with Gasteiger partial charge in [-0.1, -0.05) is 56.2 Å². The lowest BCUT2D eigenvalue weighted by molar-refractivity contribution is -0.143. The average molecular weight is 376 g/mol. The van der Waals surface area contributed by atoms with E-state index in [0.717, 1.165) is 38.2 Å². The Labute approximate surface area is 160 Å². The van der Waals surface area contributed by atoms with Crippen LogP contribution in [0.2, 0.25) is 0 Å². The molecule has 1 aromatic rings. The predicted octanol–water partition coefficient (Wildman–Crippen LogP) is 3.31. The summed E-state index contributed by atoms with van der Waals surface area (Å²) in [5.41, 5.74) is -0.115. The Balaban J connectivity index is 1.70. The van der Waals surface area contributed by atoms with Gasteiger partial charge in [0.25, 0.3) is 0 Å². The second-order valence-electron chi connectivity index (χ2n) is 6.40. The van der Waals surface area contributed by atoms with Crippen molar-refractivity contribution in [1.29, 1.82) is 0 Å². The van der Waals surface area contributed by atoms with Crippen LogP contribution in [-0.4, -0.2) is 50.6 Å². The highest BCUT2D eigenvalue weighted by molar-refractivity contribution is 6.02. The molecule has 0 atom stereocenters. The molecule has 6 nitrogen and oxygen atoms in total. The van der Waals surface area contributed by atoms with Crippen molar-refractivity contribution in [3.8, 4) is 0 Å². The van der Waals surface area contributed by atoms with Crippen LogP contribution in [0.1, 0.15) is 42.5 Å². The minimum absolute atomic E-state index is 0.0340. The van der Waals surface area contributed by atoms with E-state index >= 15 is 0 Å². The van der Waals surface area contributed by atoms with E-state index < -0.39 is 11.6 Å². The monoisotopic (exact) mass is 376 g/mol. The maximum Gasteiger partial charge on any atom is 0.330 e. The van der Waals surface area contributed by atoms with E-state index in [-0.39, 0.29) is 19.2 Å². The summed E-state index contributed by atoms with van der Waals surface area (Å²) in [6, 6.07) is 9.28. The normalized spacial score (nSPS) is 15.9. The van der Waals surface area contributed by atoms with Gasteiger partial charge in [-0.3, -0.25) is 4.79 Å². The third-order valence-electron chi connectivity index (χ3n) is 4.54. The number of hydrogen-bond acceptors (Lipinski definition) is 6. The van der Waals surface area contributed by atoms with E-state index in [1.165, 1.54) is 0 Å². The van der Waals surface area contributed by atoms with Crippen molar-refractivity contribution in [3.63, 3.8) is 0 Å². The maximum atomic E-state index is 13.0. The number of rotatable bonds is 12. The molecule has 148 valence electrons. The van der Waals surface area contributed by atoms with Crippen LogP contribution in [-0.2, 0) is 23.7 Å². The first kappa shape index (κ1) is 21.3. The fourth-order valence-electron chi connectivity index (χ4n) is 3.11. The first-order chi connectivity index (χ1) is 13.2. The number of Topliss-reactive ketones (excluding diaryl/α,β-unsaturated/α-hetero) is 1. The van der Waals surface area contributed by atoms with Gasteiger partial charge in [0.2, 0.25) is 0 Å². The summed E-state index contributed by atoms with van der Waals surface area (Å²) in [6.45, 7) is 4.52. The van der Waals surface area contributed by atoms with E-state index in [9.17, 15) is 9.59 Å². The molecule has 2 rings (SSSR count). The molecule has 27 heavy (non-hydrogen) atoms. The molecular formula is C21H28O6. The molecule has 0 spiro atoms. The topological polar surface area (TPSA) is 71.1 Å². The largest absolute Gasteiger partial charge is 0.460 e. The lowest BCUT2D eigenvalue weighted by Gasteiger charge is -2.35. The van der Waals surface area contributed by atoms with E-state index in [4.69, 9.17) is 18.9 Å². The van der Waals surface area contributed by atoms with Crippen molar-refractivity contribution in [2.75, 3.05) is 33.2 Å². The van der Waals surface area contributed by atoms with Gasteiger partial charge >= 0.3 is 5.97 Å². The van der Waals surface area contributed by atoms with Gasteiger partial charge < -0.3 is 18.9 Å². The van der Waals surface area contributed by atoms with Crippen molar-refractivity contribution in [2.24, 2.45) is 0 Å². The Morgan fingerprint density at radius 3 is 2.33 bits per heavy atom. The smallest absolute Gasteiger partial charge is 0.330 e. The fraction of sp³-hybridized carbons (Fsp3) is 0.524. The minimum Gasteiger partial charge on any atom is -0.460 e. The summed E-state index contributed by atoms with van der Waals surface area (Å²) in [5.74, 6) is -0.434. The highest BCUT2D eigenvalue weighted by Crippen LogP contribution is 2.34. The van der Waals surface area contributed by atoms with Gasteiger partial charge in [-0.15, -0.1) is 0 Å². The molecule has 1 saturated carbocycles. The molecule has 0 N–H and O–H groups in total. The average Bonchev–Trinajstić information content (AvgIpc) is 2.73. The van der Waals surface area contributed by atoms with Crippen LogP contribution < -0.4 is 0 Å². The van der Waals surface area contributed by atoms with Crippen LogP contribution in [0.4, 0.5) is 0 Å². The van der Waals surface area contributed by atoms with Gasteiger partial charge in [-0.05, 0) is 12.8 Å². The number of carbonyl (C=O) groups excluding carboxylic acids is 2. The second kappa shape index (κ2) is 11.6. The molecule has 0 amide bonds. The molecule has 0 unspecified atom stereocenters. The predicted molar refractivity (Wildman–Crippen MR) is 100 cm³/mol. The van der Waals surface area contributed by atoms with Crippen molar-refractivity contribution in [3.05, 3.63) is 48.6 Å². The highest BCUT2D eigenvalue weighted by atomic mass is 16.7. The van der Waals surface area contributed by atoms with E-state index in [1.807, 2.05) is 30.3 Å². The first-order valence-corrected chi connectivity index (χ1v) is 9.36.